The van der Waals surface area contributed by atoms with Gasteiger partial charge >= 0.3 is 0 Å². The van der Waals surface area contributed by atoms with Gasteiger partial charge in [0.25, 0.3) is 0 Å². The summed E-state index contributed by atoms with van der Waals surface area (Å²) in [5.74, 6) is 0.904. The van der Waals surface area contributed by atoms with E-state index in [9.17, 15) is 0 Å². The van der Waals surface area contributed by atoms with Crippen LogP contribution in [0.4, 0.5) is 0 Å². The number of piperidine rings is 1. The van der Waals surface area contributed by atoms with E-state index in [0.717, 1.165) is 17.2 Å². The van der Waals surface area contributed by atoms with E-state index in [2.05, 4.69) is 27.5 Å². The highest BCUT2D eigenvalue weighted by molar-refractivity contribution is 5.84. The van der Waals surface area contributed by atoms with Crippen molar-refractivity contribution in [3.63, 3.8) is 0 Å². The van der Waals surface area contributed by atoms with Gasteiger partial charge in [-0.05, 0) is 63.2 Å². The highest BCUT2D eigenvalue weighted by atomic mass is 16.5. The highest BCUT2D eigenvalue weighted by Crippen LogP contribution is 2.46. The van der Waals surface area contributed by atoms with Crippen molar-refractivity contribution in [2.45, 2.75) is 32.6 Å². The number of rotatable bonds is 2. The fraction of sp³-hybridized carbons (Fsp3) is 0.632. The van der Waals surface area contributed by atoms with Crippen LogP contribution in [0.5, 0.6) is 0 Å². The Kier molecular flexibility index (Phi) is 3.07. The molecule has 1 aromatic heterocycles. The zero-order valence-electron chi connectivity index (χ0n) is 13.9. The minimum atomic E-state index is 0.476. The van der Waals surface area contributed by atoms with Gasteiger partial charge in [-0.15, -0.1) is 0 Å². The molecule has 1 aliphatic carbocycles. The van der Waals surface area contributed by atoms with Crippen LogP contribution in [0.15, 0.2) is 16.7 Å². The Labute approximate surface area is 137 Å². The van der Waals surface area contributed by atoms with Gasteiger partial charge in [0.1, 0.15) is 0 Å². The number of hydrogen-bond donors (Lipinski definition) is 1. The first kappa shape index (κ1) is 14.0. The number of fused-ring (bicyclic) bond motifs is 3. The third-order valence-electron chi connectivity index (χ3n) is 6.23. The molecule has 0 saturated carbocycles. The van der Waals surface area contributed by atoms with Gasteiger partial charge in [-0.2, -0.15) is 0 Å². The Hall–Kier alpha value is -1.39. The van der Waals surface area contributed by atoms with Crippen molar-refractivity contribution in [3.8, 4) is 0 Å². The van der Waals surface area contributed by atoms with Gasteiger partial charge in [0.05, 0.1) is 5.69 Å². The van der Waals surface area contributed by atoms with E-state index in [-0.39, 0.29) is 0 Å². The van der Waals surface area contributed by atoms with Crippen LogP contribution in [0.25, 0.3) is 11.0 Å². The van der Waals surface area contributed by atoms with Gasteiger partial charge in [-0.25, -0.2) is 0 Å². The predicted molar refractivity (Wildman–Crippen MR) is 90.6 cm³/mol. The lowest BCUT2D eigenvalue weighted by atomic mass is 9.76. The smallest absolute Gasteiger partial charge is 0.170 e. The van der Waals surface area contributed by atoms with E-state index in [1.165, 1.54) is 74.9 Å². The number of nitrogens with zero attached hydrogens (tertiary/aromatic N) is 2. The summed E-state index contributed by atoms with van der Waals surface area (Å²) < 4.78 is 5.63. The molecule has 2 aliphatic heterocycles. The normalized spacial score (nSPS) is 24.2. The Morgan fingerprint density at radius 2 is 2.09 bits per heavy atom. The van der Waals surface area contributed by atoms with E-state index in [1.54, 1.807) is 0 Å². The molecule has 4 nitrogen and oxygen atoms in total. The van der Waals surface area contributed by atoms with E-state index in [4.69, 9.17) is 4.52 Å². The second kappa shape index (κ2) is 5.05. The largest absolute Gasteiger partial charge is 0.356 e. The molecule has 5 rings (SSSR count). The van der Waals surface area contributed by atoms with Gasteiger partial charge in [-0.3, -0.25) is 0 Å². The minimum absolute atomic E-state index is 0.476. The molecule has 2 saturated heterocycles. The maximum absolute atomic E-state index is 5.63. The standard InChI is InChI=1S/C19H25N3O/c1-13-16-3-2-15-8-19(9-17(15)18(16)23-21-13)11-22(12-19)10-14-4-6-20-7-5-14/h2-3,14,20H,4-12H2,1H3. The topological polar surface area (TPSA) is 41.3 Å². The van der Waals surface area contributed by atoms with Gasteiger partial charge in [0.15, 0.2) is 5.58 Å². The number of aromatic nitrogens is 1. The maximum atomic E-state index is 5.63. The summed E-state index contributed by atoms with van der Waals surface area (Å²) in [7, 11) is 0. The number of hydrogen-bond acceptors (Lipinski definition) is 4. The van der Waals surface area contributed by atoms with Crippen molar-refractivity contribution >= 4 is 11.0 Å². The zero-order chi connectivity index (χ0) is 15.4. The van der Waals surface area contributed by atoms with Crippen molar-refractivity contribution in [3.05, 3.63) is 29.0 Å². The molecule has 3 aliphatic rings. The molecule has 4 heteroatoms. The SMILES string of the molecule is Cc1noc2c3c(ccc12)CC1(C3)CN(CC2CCNCC2)C1. The van der Waals surface area contributed by atoms with Crippen LogP contribution in [-0.2, 0) is 12.8 Å². The predicted octanol–water partition coefficient (Wildman–Crippen LogP) is 2.54. The average molecular weight is 311 g/mol. The van der Waals surface area contributed by atoms with Crippen molar-refractivity contribution in [1.29, 1.82) is 0 Å². The third-order valence-corrected chi connectivity index (χ3v) is 6.23. The maximum Gasteiger partial charge on any atom is 0.170 e. The van der Waals surface area contributed by atoms with Crippen molar-refractivity contribution < 1.29 is 4.52 Å². The summed E-state index contributed by atoms with van der Waals surface area (Å²) in [4.78, 5) is 2.69. The molecule has 2 aromatic rings. The molecular formula is C19H25N3O. The van der Waals surface area contributed by atoms with Crippen LogP contribution < -0.4 is 5.32 Å². The average Bonchev–Trinajstić information content (AvgIpc) is 3.09. The van der Waals surface area contributed by atoms with Crippen molar-refractivity contribution in [2.75, 3.05) is 32.7 Å². The van der Waals surface area contributed by atoms with Crippen molar-refractivity contribution in [2.24, 2.45) is 11.3 Å². The Morgan fingerprint density at radius 1 is 1.26 bits per heavy atom. The third kappa shape index (κ3) is 2.23. The van der Waals surface area contributed by atoms with Crippen molar-refractivity contribution in [1.82, 2.24) is 15.4 Å². The number of likely N-dealkylation sites (tertiary alicyclic amines) is 1. The molecule has 2 fully saturated rings. The van der Waals surface area contributed by atoms with E-state index in [0.29, 0.717) is 5.41 Å². The fourth-order valence-electron chi connectivity index (χ4n) is 5.11. The van der Waals surface area contributed by atoms with E-state index >= 15 is 0 Å². The first-order chi connectivity index (χ1) is 11.2. The lowest BCUT2D eigenvalue weighted by Gasteiger charge is -2.50. The Morgan fingerprint density at radius 3 is 2.91 bits per heavy atom. The second-order valence-corrected chi connectivity index (χ2v) is 8.06. The number of benzene rings is 1. The van der Waals surface area contributed by atoms with Crippen LogP contribution in [0.3, 0.4) is 0 Å². The molecule has 3 heterocycles. The van der Waals surface area contributed by atoms with Gasteiger partial charge in [0.2, 0.25) is 0 Å². The number of aryl methyl sites for hydroxylation is 1. The van der Waals surface area contributed by atoms with Crippen LogP contribution in [0, 0.1) is 18.3 Å². The summed E-state index contributed by atoms with van der Waals surface area (Å²) in [6, 6.07) is 4.51. The first-order valence-corrected chi connectivity index (χ1v) is 9.02. The highest BCUT2D eigenvalue weighted by Gasteiger charge is 2.48. The molecule has 23 heavy (non-hydrogen) atoms. The lowest BCUT2D eigenvalue weighted by molar-refractivity contribution is -0.00531. The van der Waals surface area contributed by atoms with Crippen LogP contribution in [0.1, 0.15) is 29.7 Å². The second-order valence-electron chi connectivity index (χ2n) is 8.06. The molecule has 0 atom stereocenters. The van der Waals surface area contributed by atoms with Gasteiger partial charge in [-0.1, -0.05) is 11.2 Å². The Balaban J connectivity index is 1.30. The van der Waals surface area contributed by atoms with Gasteiger partial charge in [0, 0.05) is 36.0 Å². The molecule has 1 N–H and O–H groups in total. The minimum Gasteiger partial charge on any atom is -0.356 e. The molecule has 0 unspecified atom stereocenters. The first-order valence-electron chi connectivity index (χ1n) is 9.02. The van der Waals surface area contributed by atoms with Crippen LogP contribution in [-0.4, -0.2) is 42.8 Å². The van der Waals surface area contributed by atoms with Crippen LogP contribution in [0.2, 0.25) is 0 Å². The molecule has 0 amide bonds. The number of nitrogens with one attached hydrogen (secondary N) is 1. The quantitative estimate of drug-likeness (QED) is 0.925. The summed E-state index contributed by atoms with van der Waals surface area (Å²) in [6.07, 6.45) is 5.10. The zero-order valence-corrected chi connectivity index (χ0v) is 13.9. The Bertz CT molecular complexity index is 738. The molecule has 122 valence electrons. The van der Waals surface area contributed by atoms with Crippen LogP contribution >= 0.6 is 0 Å². The summed E-state index contributed by atoms with van der Waals surface area (Å²) in [5, 5.41) is 8.84. The van der Waals surface area contributed by atoms with E-state index in [1.807, 2.05) is 6.92 Å². The molecular weight excluding hydrogens is 286 g/mol. The van der Waals surface area contributed by atoms with E-state index < -0.39 is 0 Å². The monoisotopic (exact) mass is 311 g/mol. The molecule has 0 bridgehead atoms. The molecule has 1 aromatic carbocycles. The summed E-state index contributed by atoms with van der Waals surface area (Å²) in [6.45, 7) is 8.28. The fourth-order valence-corrected chi connectivity index (χ4v) is 5.11. The summed E-state index contributed by atoms with van der Waals surface area (Å²) in [5.41, 5.74) is 5.47. The lowest BCUT2D eigenvalue weighted by Crippen LogP contribution is -2.58. The van der Waals surface area contributed by atoms with Gasteiger partial charge < -0.3 is 14.7 Å². The molecule has 0 radical (unpaired) electrons. The summed E-state index contributed by atoms with van der Waals surface area (Å²) >= 11 is 0. The molecule has 1 spiro atoms.